The molecule has 0 saturated carbocycles. The second-order valence-corrected chi connectivity index (χ2v) is 8.85. The van der Waals surface area contributed by atoms with Crippen molar-refractivity contribution in [3.8, 4) is 11.1 Å². The van der Waals surface area contributed by atoms with E-state index in [0.29, 0.717) is 17.3 Å². The van der Waals surface area contributed by atoms with Crippen LogP contribution in [0.1, 0.15) is 0 Å². The number of aromatic nitrogens is 1. The van der Waals surface area contributed by atoms with Crippen LogP contribution in [0.25, 0.3) is 11.1 Å². The summed E-state index contributed by atoms with van der Waals surface area (Å²) in [5, 5.41) is 7.60. The van der Waals surface area contributed by atoms with Crippen LogP contribution in [0, 0.1) is 5.82 Å². The van der Waals surface area contributed by atoms with Crippen LogP contribution in [0.4, 0.5) is 20.7 Å². The van der Waals surface area contributed by atoms with Crippen molar-refractivity contribution < 1.29 is 32.8 Å². The molecule has 1 atom stereocenters. The first-order valence-corrected chi connectivity index (χ1v) is 11.5. The van der Waals surface area contributed by atoms with Crippen LogP contribution < -0.4 is 15.3 Å². The molecule has 13 nitrogen and oxygen atoms in total. The number of cyclic esters (lactones) is 1. The Morgan fingerprint density at radius 3 is 2.68 bits per heavy atom. The molecule has 3 heterocycles. The molecule has 1 amide bonds. The zero-order valence-corrected chi connectivity index (χ0v) is 19.4. The van der Waals surface area contributed by atoms with Crippen molar-refractivity contribution in [2.45, 2.75) is 6.10 Å². The largest absolute Gasteiger partial charge is 0.469 e. The maximum atomic E-state index is 14.9. The summed E-state index contributed by atoms with van der Waals surface area (Å²) < 4.78 is 35.2. The highest BCUT2D eigenvalue weighted by atomic mass is 31.2. The molecule has 182 valence electrons. The third-order valence-electron chi connectivity index (χ3n) is 5.10. The smallest absolute Gasteiger partial charge is 0.441 e. The van der Waals surface area contributed by atoms with E-state index in [-0.39, 0.29) is 17.8 Å². The van der Waals surface area contributed by atoms with Gasteiger partial charge in [-0.2, -0.15) is 0 Å². The zero-order valence-electron chi connectivity index (χ0n) is 18.5. The Morgan fingerprint density at radius 1 is 1.32 bits per heavy atom. The number of phosphoric ester groups is 1. The van der Waals surface area contributed by atoms with Crippen molar-refractivity contribution in [3.63, 3.8) is 0 Å². The highest BCUT2D eigenvalue weighted by Gasteiger charge is 2.34. The molecule has 2 aromatic rings. The maximum Gasteiger partial charge on any atom is 0.469 e. The minimum atomic E-state index is -4.69. The second-order valence-electron chi connectivity index (χ2n) is 7.61. The van der Waals surface area contributed by atoms with Crippen molar-refractivity contribution in [2.75, 3.05) is 44.1 Å². The van der Waals surface area contributed by atoms with Crippen LogP contribution in [-0.4, -0.2) is 77.3 Å². The minimum absolute atomic E-state index is 0.0391. The van der Waals surface area contributed by atoms with Gasteiger partial charge in [0.1, 0.15) is 17.7 Å². The number of nitrogens with one attached hydrogen (secondary N) is 1. The predicted octanol–water partition coefficient (Wildman–Crippen LogP) is 1.33. The summed E-state index contributed by atoms with van der Waals surface area (Å²) in [6.45, 7) is -0.517. The Balaban J connectivity index is 1.47. The number of hydrogen-bond acceptors (Lipinski definition) is 10. The van der Waals surface area contributed by atoms with Crippen LogP contribution in [-0.2, 0) is 13.8 Å². The lowest BCUT2D eigenvalue weighted by atomic mass is 10.1. The molecule has 2 aliphatic heterocycles. The first kappa shape index (κ1) is 23.9. The quantitative estimate of drug-likeness (QED) is 0.499. The lowest BCUT2D eigenvalue weighted by Gasteiger charge is -2.22. The first-order valence-electron chi connectivity index (χ1n) is 10.0. The SMILES string of the molecule is CN1N=C(N(C)c2ccc(-c3ccc(N4C[C@H](COP(=O)(O)O)OC4=O)cc3F)cn2)N(C)N1. The van der Waals surface area contributed by atoms with Gasteiger partial charge in [-0.25, -0.2) is 23.9 Å². The third kappa shape index (κ3) is 5.11. The maximum absolute atomic E-state index is 14.9. The van der Waals surface area contributed by atoms with Gasteiger partial charge in [-0.1, -0.05) is 0 Å². The van der Waals surface area contributed by atoms with Crippen LogP contribution in [0.15, 0.2) is 41.6 Å². The fourth-order valence-electron chi connectivity index (χ4n) is 3.53. The summed E-state index contributed by atoms with van der Waals surface area (Å²) in [6.07, 6.45) is -0.119. The number of halogens is 1. The molecular weight excluding hydrogens is 472 g/mol. The molecule has 3 N–H and O–H groups in total. The van der Waals surface area contributed by atoms with E-state index in [1.54, 1.807) is 47.3 Å². The Labute approximate surface area is 194 Å². The van der Waals surface area contributed by atoms with Gasteiger partial charge in [-0.3, -0.25) is 19.3 Å². The number of phosphoric acid groups is 1. The molecule has 1 fully saturated rings. The van der Waals surface area contributed by atoms with Crippen molar-refractivity contribution in [1.29, 1.82) is 0 Å². The van der Waals surface area contributed by atoms with Crippen LogP contribution in [0.3, 0.4) is 0 Å². The zero-order chi connectivity index (χ0) is 24.6. The van der Waals surface area contributed by atoms with Gasteiger partial charge < -0.3 is 14.5 Å². The lowest BCUT2D eigenvalue weighted by molar-refractivity contribution is 0.0880. The van der Waals surface area contributed by atoms with E-state index < -0.39 is 32.4 Å². The standard InChI is InChI=1S/C19H23FN7O6P/c1-24(18-22-26(3)23-25(18)2)17-7-4-12(9-21-17)15-6-5-13(8-16(15)20)27-10-14(33-19(27)28)11-32-34(29,30)31/h4-9,14,23H,10-11H2,1-3H3,(H2,29,30,31)/t14-/m1/s1. The summed E-state index contributed by atoms with van der Waals surface area (Å²) >= 11 is 0. The van der Waals surface area contributed by atoms with Crippen molar-refractivity contribution >= 4 is 31.4 Å². The van der Waals surface area contributed by atoms with E-state index in [2.05, 4.69) is 20.1 Å². The van der Waals surface area contributed by atoms with Gasteiger partial charge in [-0.15, -0.1) is 10.6 Å². The Morgan fingerprint density at radius 2 is 2.09 bits per heavy atom. The molecule has 15 heteroatoms. The Bertz CT molecular complexity index is 1160. The van der Waals surface area contributed by atoms with E-state index in [0.717, 1.165) is 0 Å². The number of guanidine groups is 1. The molecule has 4 rings (SSSR count). The molecule has 34 heavy (non-hydrogen) atoms. The summed E-state index contributed by atoms with van der Waals surface area (Å²) in [5.74, 6) is 0.654. The number of ether oxygens (including phenoxy) is 1. The number of carbonyl (C=O) groups is 1. The fraction of sp³-hybridized carbons (Fsp3) is 0.316. The molecule has 0 aliphatic carbocycles. The number of hydrazone groups is 1. The van der Waals surface area contributed by atoms with Crippen LogP contribution in [0.5, 0.6) is 0 Å². The van der Waals surface area contributed by atoms with E-state index >= 15 is 0 Å². The van der Waals surface area contributed by atoms with Crippen LogP contribution in [0.2, 0.25) is 0 Å². The summed E-state index contributed by atoms with van der Waals surface area (Å²) in [7, 11) is 0.688. The molecule has 2 aliphatic rings. The molecule has 0 bridgehead atoms. The number of amides is 1. The number of rotatable bonds is 6. The third-order valence-corrected chi connectivity index (χ3v) is 5.59. The van der Waals surface area contributed by atoms with E-state index in [9.17, 15) is 13.8 Å². The van der Waals surface area contributed by atoms with Gasteiger partial charge in [0.25, 0.3) is 0 Å². The molecule has 0 radical (unpaired) electrons. The number of pyridine rings is 1. The summed E-state index contributed by atoms with van der Waals surface area (Å²) in [4.78, 5) is 37.1. The lowest BCUT2D eigenvalue weighted by Crippen LogP contribution is -2.44. The highest BCUT2D eigenvalue weighted by Crippen LogP contribution is 2.37. The molecular formula is C19H23FN7O6P. The summed E-state index contributed by atoms with van der Waals surface area (Å²) in [6, 6.07) is 7.72. The van der Waals surface area contributed by atoms with Crippen molar-refractivity contribution in [2.24, 2.45) is 5.10 Å². The van der Waals surface area contributed by atoms with Gasteiger partial charge in [0.15, 0.2) is 0 Å². The molecule has 0 spiro atoms. The Kier molecular flexibility index (Phi) is 6.43. The average Bonchev–Trinajstić information content (AvgIpc) is 3.32. The monoisotopic (exact) mass is 495 g/mol. The number of anilines is 2. The van der Waals surface area contributed by atoms with E-state index in [1.165, 1.54) is 23.2 Å². The van der Waals surface area contributed by atoms with Gasteiger partial charge in [0.05, 0.1) is 18.8 Å². The number of benzene rings is 1. The van der Waals surface area contributed by atoms with E-state index in [4.69, 9.17) is 14.5 Å². The molecule has 0 unspecified atom stereocenters. The number of hydrazine groups is 2. The Hall–Kier alpha value is -3.29. The van der Waals surface area contributed by atoms with Crippen LogP contribution >= 0.6 is 7.82 Å². The first-order chi connectivity index (χ1) is 16.0. The molecule has 1 saturated heterocycles. The van der Waals surface area contributed by atoms with E-state index in [1.807, 2.05) is 7.05 Å². The molecule has 1 aromatic heterocycles. The van der Waals surface area contributed by atoms with Crippen molar-refractivity contribution in [3.05, 3.63) is 42.3 Å². The van der Waals surface area contributed by atoms with Gasteiger partial charge >= 0.3 is 13.9 Å². The summed E-state index contributed by atoms with van der Waals surface area (Å²) in [5.41, 5.74) is 4.04. The van der Waals surface area contributed by atoms with Gasteiger partial charge in [0, 0.05) is 38.5 Å². The van der Waals surface area contributed by atoms with Gasteiger partial charge in [0.2, 0.25) is 5.96 Å². The van der Waals surface area contributed by atoms with Crippen molar-refractivity contribution in [1.82, 2.24) is 20.6 Å². The number of carbonyl (C=O) groups excluding carboxylic acids is 1. The molecule has 1 aromatic carbocycles. The highest BCUT2D eigenvalue weighted by molar-refractivity contribution is 7.46. The number of hydrogen-bond donors (Lipinski definition) is 3. The average molecular weight is 495 g/mol. The second kappa shape index (κ2) is 9.16. The predicted molar refractivity (Wildman–Crippen MR) is 120 cm³/mol. The fourth-order valence-corrected chi connectivity index (χ4v) is 3.89. The normalized spacial score (nSPS) is 18.4. The topological polar surface area (TPSA) is 143 Å². The number of nitrogens with zero attached hydrogens (tertiary/aromatic N) is 6. The minimum Gasteiger partial charge on any atom is -0.441 e. The van der Waals surface area contributed by atoms with Gasteiger partial charge in [-0.05, 0) is 30.3 Å².